The highest BCUT2D eigenvalue weighted by molar-refractivity contribution is 7.92. The van der Waals surface area contributed by atoms with Gasteiger partial charge in [-0.3, -0.25) is 13.9 Å². The van der Waals surface area contributed by atoms with Crippen LogP contribution in [-0.4, -0.2) is 62.8 Å². The van der Waals surface area contributed by atoms with Gasteiger partial charge in [-0.25, -0.2) is 8.42 Å². The molecule has 1 fully saturated rings. The molecule has 3 aromatic rings. The molecule has 3 aliphatic rings. The number of anilines is 2. The van der Waals surface area contributed by atoms with E-state index in [1.165, 1.54) is 10.4 Å². The fraction of sp³-hybridized carbons (Fsp3) is 0.286. The Bertz CT molecular complexity index is 1620. The summed E-state index contributed by atoms with van der Waals surface area (Å²) in [4.78, 5) is 31.4. The first-order valence-electron chi connectivity index (χ1n) is 12.7. The third-order valence-electron chi connectivity index (χ3n) is 7.59. The third-order valence-corrected chi connectivity index (χ3v) is 9.40. The number of amides is 2. The number of nitrogens with one attached hydrogen (secondary N) is 3. The van der Waals surface area contributed by atoms with Crippen LogP contribution < -0.4 is 14.9 Å². The molecule has 2 aromatic carbocycles. The number of nitrogens with zero attached hydrogens (tertiary/aromatic N) is 2. The van der Waals surface area contributed by atoms with E-state index in [0.717, 1.165) is 29.9 Å². The first-order valence-corrected chi connectivity index (χ1v) is 14.2. The SMILES string of the molecule is Cc1[nH]c(/C=C2\C(=O)Nc3ccc(S(=O)(=O)N4CCc5ccccc54)cc32)c(C)c1C(=O)N1CCNCC1. The molecular formula is C28H29N5O4S. The molecule has 6 rings (SSSR count). The van der Waals surface area contributed by atoms with Crippen molar-refractivity contribution in [2.45, 2.75) is 25.2 Å². The minimum atomic E-state index is -3.82. The van der Waals surface area contributed by atoms with Gasteiger partial charge in [-0.05, 0) is 61.7 Å². The summed E-state index contributed by atoms with van der Waals surface area (Å²) >= 11 is 0. The highest BCUT2D eigenvalue weighted by Gasteiger charge is 2.33. The van der Waals surface area contributed by atoms with Crippen molar-refractivity contribution in [2.75, 3.05) is 42.3 Å². The van der Waals surface area contributed by atoms with Gasteiger partial charge in [0, 0.05) is 55.4 Å². The number of H-pyrrole nitrogens is 1. The Balaban J connectivity index is 1.36. The maximum atomic E-state index is 13.6. The Labute approximate surface area is 221 Å². The van der Waals surface area contributed by atoms with E-state index in [-0.39, 0.29) is 16.7 Å². The third kappa shape index (κ3) is 3.91. The molecule has 4 heterocycles. The predicted molar refractivity (Wildman–Crippen MR) is 147 cm³/mol. The first-order chi connectivity index (χ1) is 18.3. The van der Waals surface area contributed by atoms with Crippen molar-refractivity contribution in [3.8, 4) is 0 Å². The lowest BCUT2D eigenvalue weighted by atomic mass is 10.0. The standard InChI is InChI=1S/C28H29N5O4S/c1-17-24(30-18(2)26(17)28(35)32-13-10-29-11-14-32)16-22-21-15-20(7-8-23(21)31-27(22)34)38(36,37)33-12-9-19-5-3-4-6-25(19)33/h3-8,15-16,29-30H,9-14H2,1-2H3,(H,31,34)/b22-16-. The number of sulfonamides is 1. The van der Waals surface area contributed by atoms with Gasteiger partial charge >= 0.3 is 0 Å². The van der Waals surface area contributed by atoms with Crippen molar-refractivity contribution in [3.63, 3.8) is 0 Å². The van der Waals surface area contributed by atoms with E-state index in [0.29, 0.717) is 59.8 Å². The molecule has 0 atom stereocenters. The molecule has 3 N–H and O–H groups in total. The fourth-order valence-corrected chi connectivity index (χ4v) is 7.10. The lowest BCUT2D eigenvalue weighted by molar-refractivity contribution is -0.110. The van der Waals surface area contributed by atoms with Crippen LogP contribution in [0.5, 0.6) is 0 Å². The number of aryl methyl sites for hydroxylation is 1. The van der Waals surface area contributed by atoms with Crippen LogP contribution in [-0.2, 0) is 21.2 Å². The molecule has 0 unspecified atom stereocenters. The number of para-hydroxylation sites is 1. The normalized spacial score (nSPS) is 18.1. The van der Waals surface area contributed by atoms with Crippen molar-refractivity contribution >= 4 is 44.9 Å². The van der Waals surface area contributed by atoms with Gasteiger partial charge in [0.05, 0.1) is 21.7 Å². The molecule has 38 heavy (non-hydrogen) atoms. The van der Waals surface area contributed by atoms with Gasteiger partial charge in [-0.2, -0.15) is 0 Å². The van der Waals surface area contributed by atoms with E-state index < -0.39 is 10.0 Å². The zero-order valence-electron chi connectivity index (χ0n) is 21.3. The van der Waals surface area contributed by atoms with Crippen molar-refractivity contribution < 1.29 is 18.0 Å². The molecule has 2 amide bonds. The first kappa shape index (κ1) is 24.4. The Morgan fingerprint density at radius 1 is 1.03 bits per heavy atom. The zero-order valence-corrected chi connectivity index (χ0v) is 22.1. The Morgan fingerprint density at radius 2 is 1.79 bits per heavy atom. The summed E-state index contributed by atoms with van der Waals surface area (Å²) in [5.41, 5.74) is 5.88. The number of carbonyl (C=O) groups is 2. The van der Waals surface area contributed by atoms with E-state index in [1.807, 2.05) is 43.0 Å². The highest BCUT2D eigenvalue weighted by Crippen LogP contribution is 2.38. The Hall–Kier alpha value is -3.89. The van der Waals surface area contributed by atoms with Crippen LogP contribution >= 0.6 is 0 Å². The Morgan fingerprint density at radius 3 is 2.58 bits per heavy atom. The second kappa shape index (κ2) is 9.14. The zero-order chi connectivity index (χ0) is 26.6. The van der Waals surface area contributed by atoms with Crippen molar-refractivity contribution in [2.24, 2.45) is 0 Å². The van der Waals surface area contributed by atoms with Gasteiger partial charge in [-0.15, -0.1) is 0 Å². The molecule has 0 aliphatic carbocycles. The van der Waals surface area contributed by atoms with Crippen molar-refractivity contribution in [1.82, 2.24) is 15.2 Å². The molecule has 1 saturated heterocycles. The van der Waals surface area contributed by atoms with Gasteiger partial charge in [0.1, 0.15) is 0 Å². The predicted octanol–water partition coefficient (Wildman–Crippen LogP) is 2.92. The lowest BCUT2D eigenvalue weighted by Crippen LogP contribution is -2.46. The maximum Gasteiger partial charge on any atom is 0.264 e. The van der Waals surface area contributed by atoms with E-state index >= 15 is 0 Å². The van der Waals surface area contributed by atoms with Gasteiger partial charge in [0.25, 0.3) is 21.8 Å². The quantitative estimate of drug-likeness (QED) is 0.448. The average Bonchev–Trinajstić information content (AvgIpc) is 3.57. The van der Waals surface area contributed by atoms with Gasteiger partial charge in [-0.1, -0.05) is 18.2 Å². The summed E-state index contributed by atoms with van der Waals surface area (Å²) in [6.07, 6.45) is 2.37. The van der Waals surface area contributed by atoms with Crippen LogP contribution in [0.15, 0.2) is 47.4 Å². The number of rotatable bonds is 4. The van der Waals surface area contributed by atoms with E-state index in [9.17, 15) is 18.0 Å². The van der Waals surface area contributed by atoms with Crippen LogP contribution in [0, 0.1) is 13.8 Å². The van der Waals surface area contributed by atoms with Crippen LogP contribution in [0.2, 0.25) is 0 Å². The van der Waals surface area contributed by atoms with E-state index in [1.54, 1.807) is 18.2 Å². The summed E-state index contributed by atoms with van der Waals surface area (Å²) in [7, 11) is -3.82. The molecule has 9 nitrogen and oxygen atoms in total. The smallest absolute Gasteiger partial charge is 0.264 e. The lowest BCUT2D eigenvalue weighted by Gasteiger charge is -2.27. The number of fused-ring (bicyclic) bond motifs is 2. The number of hydrogen-bond acceptors (Lipinski definition) is 5. The van der Waals surface area contributed by atoms with Crippen LogP contribution in [0.4, 0.5) is 11.4 Å². The largest absolute Gasteiger partial charge is 0.358 e. The van der Waals surface area contributed by atoms with E-state index in [2.05, 4.69) is 15.6 Å². The van der Waals surface area contributed by atoms with Gasteiger partial charge in [0.15, 0.2) is 0 Å². The molecule has 3 aliphatic heterocycles. The summed E-state index contributed by atoms with van der Waals surface area (Å²) in [6, 6.07) is 12.2. The number of carbonyl (C=O) groups excluding carboxylic acids is 2. The van der Waals surface area contributed by atoms with Crippen molar-refractivity contribution in [1.29, 1.82) is 0 Å². The number of aromatic amines is 1. The summed E-state index contributed by atoms with van der Waals surface area (Å²) in [5.74, 6) is -0.347. The summed E-state index contributed by atoms with van der Waals surface area (Å²) < 4.78 is 28.7. The molecule has 0 bridgehead atoms. The molecule has 0 radical (unpaired) electrons. The maximum absolute atomic E-state index is 13.6. The van der Waals surface area contributed by atoms with Crippen LogP contribution in [0.25, 0.3) is 11.6 Å². The van der Waals surface area contributed by atoms with Crippen LogP contribution in [0.1, 0.15) is 38.4 Å². The highest BCUT2D eigenvalue weighted by atomic mass is 32.2. The number of piperazine rings is 1. The summed E-state index contributed by atoms with van der Waals surface area (Å²) in [6.45, 7) is 6.91. The molecule has 1 aromatic heterocycles. The number of aromatic nitrogens is 1. The molecular weight excluding hydrogens is 502 g/mol. The fourth-order valence-electron chi connectivity index (χ4n) is 5.57. The summed E-state index contributed by atoms with van der Waals surface area (Å²) in [5, 5.41) is 6.09. The molecule has 0 spiro atoms. The minimum absolute atomic E-state index is 0.0297. The van der Waals surface area contributed by atoms with Crippen LogP contribution in [0.3, 0.4) is 0 Å². The number of benzene rings is 2. The topological polar surface area (TPSA) is 115 Å². The average molecular weight is 532 g/mol. The molecule has 10 heteroatoms. The second-order valence-corrected chi connectivity index (χ2v) is 11.7. The van der Waals surface area contributed by atoms with Gasteiger partial charge in [0.2, 0.25) is 0 Å². The van der Waals surface area contributed by atoms with Crippen molar-refractivity contribution in [3.05, 3.63) is 76.1 Å². The molecule has 196 valence electrons. The second-order valence-electron chi connectivity index (χ2n) is 9.88. The minimum Gasteiger partial charge on any atom is -0.358 e. The molecule has 0 saturated carbocycles. The monoisotopic (exact) mass is 531 g/mol. The Kier molecular flexibility index (Phi) is 5.88. The number of hydrogen-bond donors (Lipinski definition) is 3. The van der Waals surface area contributed by atoms with E-state index in [4.69, 9.17) is 0 Å². The van der Waals surface area contributed by atoms with Gasteiger partial charge < -0.3 is 20.5 Å².